The van der Waals surface area contributed by atoms with E-state index in [0.29, 0.717) is 46.9 Å². The summed E-state index contributed by atoms with van der Waals surface area (Å²) in [5.74, 6) is -0.736. The summed E-state index contributed by atoms with van der Waals surface area (Å²) in [5.41, 5.74) is 3.12. The molecule has 1 aliphatic heterocycles. The van der Waals surface area contributed by atoms with Crippen LogP contribution in [-0.4, -0.2) is 85.0 Å². The van der Waals surface area contributed by atoms with Gasteiger partial charge in [0.05, 0.1) is 23.5 Å². The standard InChI is InChI=1S/C26H26N8O3/c1-3-27-20-15-29-19(14-30-20)22-23-21(16(2)12-31-22)17(13-32-23)24(35)26(37)34-10-8-33(9-11-34)25(36)18-6-4-5-7-28-18/h4-7,12-15,32H,3,8-11H2,1-2H3,(H,27,30). The number of nitrogens with one attached hydrogen (secondary N) is 2. The van der Waals surface area contributed by atoms with Gasteiger partial charge in [0.25, 0.3) is 17.6 Å². The number of nitrogens with zero attached hydrogens (tertiary/aromatic N) is 6. The summed E-state index contributed by atoms with van der Waals surface area (Å²) >= 11 is 0. The van der Waals surface area contributed by atoms with E-state index >= 15 is 0 Å². The Kier molecular flexibility index (Phi) is 6.59. The lowest BCUT2D eigenvalue weighted by Gasteiger charge is -2.34. The zero-order valence-electron chi connectivity index (χ0n) is 20.6. The van der Waals surface area contributed by atoms with Gasteiger partial charge in [-0.15, -0.1) is 0 Å². The van der Waals surface area contributed by atoms with Crippen LogP contribution in [0.4, 0.5) is 5.82 Å². The molecule has 11 nitrogen and oxygen atoms in total. The Hall–Kier alpha value is -4.67. The molecule has 188 valence electrons. The lowest BCUT2D eigenvalue weighted by Crippen LogP contribution is -2.52. The molecule has 5 rings (SSSR count). The number of hydrogen-bond donors (Lipinski definition) is 2. The molecule has 0 radical (unpaired) electrons. The first-order valence-electron chi connectivity index (χ1n) is 12.0. The number of amides is 2. The van der Waals surface area contributed by atoms with Gasteiger partial charge in [-0.3, -0.25) is 24.4 Å². The van der Waals surface area contributed by atoms with Crippen LogP contribution in [0, 0.1) is 6.92 Å². The summed E-state index contributed by atoms with van der Waals surface area (Å²) < 4.78 is 0. The topological polar surface area (TPSA) is 137 Å². The highest BCUT2D eigenvalue weighted by atomic mass is 16.2. The van der Waals surface area contributed by atoms with E-state index in [1.807, 2.05) is 13.8 Å². The van der Waals surface area contributed by atoms with E-state index in [4.69, 9.17) is 0 Å². The molecule has 37 heavy (non-hydrogen) atoms. The van der Waals surface area contributed by atoms with Crippen LogP contribution >= 0.6 is 0 Å². The highest BCUT2D eigenvalue weighted by Crippen LogP contribution is 2.30. The number of pyridine rings is 2. The highest BCUT2D eigenvalue weighted by Gasteiger charge is 2.31. The van der Waals surface area contributed by atoms with E-state index in [1.54, 1.807) is 54.1 Å². The minimum absolute atomic E-state index is 0.187. The minimum Gasteiger partial charge on any atom is -0.369 e. The predicted molar refractivity (Wildman–Crippen MR) is 137 cm³/mol. The molecule has 1 aliphatic rings. The number of carbonyl (C=O) groups is 3. The summed E-state index contributed by atoms with van der Waals surface area (Å²) in [6.45, 7) is 5.74. The Bertz CT molecular complexity index is 1460. The number of ketones is 1. The van der Waals surface area contributed by atoms with E-state index in [9.17, 15) is 14.4 Å². The maximum atomic E-state index is 13.3. The lowest BCUT2D eigenvalue weighted by molar-refractivity contribution is -0.127. The molecule has 4 aromatic rings. The number of aromatic nitrogens is 5. The molecule has 0 spiro atoms. The number of carbonyl (C=O) groups excluding carboxylic acids is 3. The van der Waals surface area contributed by atoms with Crippen molar-refractivity contribution in [3.05, 3.63) is 66.0 Å². The van der Waals surface area contributed by atoms with Crippen LogP contribution in [-0.2, 0) is 4.79 Å². The number of H-pyrrole nitrogens is 1. The third kappa shape index (κ3) is 4.63. The SMILES string of the molecule is CCNc1cnc(-c2ncc(C)c3c(C(=O)C(=O)N4CCN(C(=O)c5ccccn5)CC4)c[nH]c23)cn1. The van der Waals surface area contributed by atoms with E-state index in [-0.39, 0.29) is 24.6 Å². The van der Waals surface area contributed by atoms with Gasteiger partial charge in [-0.2, -0.15) is 0 Å². The summed E-state index contributed by atoms with van der Waals surface area (Å²) in [4.78, 5) is 62.8. The van der Waals surface area contributed by atoms with Crippen LogP contribution in [0.3, 0.4) is 0 Å². The number of aryl methyl sites for hydroxylation is 1. The second kappa shape index (κ2) is 10.1. The Morgan fingerprint density at radius 1 is 0.973 bits per heavy atom. The van der Waals surface area contributed by atoms with Crippen molar-refractivity contribution in [1.29, 1.82) is 0 Å². The Morgan fingerprint density at radius 3 is 2.43 bits per heavy atom. The maximum Gasteiger partial charge on any atom is 0.295 e. The van der Waals surface area contributed by atoms with Crippen molar-refractivity contribution in [2.24, 2.45) is 0 Å². The number of hydrogen-bond acceptors (Lipinski definition) is 8. The van der Waals surface area contributed by atoms with Crippen molar-refractivity contribution in [3.8, 4) is 11.4 Å². The average molecular weight is 499 g/mol. The second-order valence-corrected chi connectivity index (χ2v) is 8.69. The maximum absolute atomic E-state index is 13.3. The Labute approximate surface area is 213 Å². The molecule has 1 saturated heterocycles. The lowest BCUT2D eigenvalue weighted by atomic mass is 10.0. The van der Waals surface area contributed by atoms with E-state index < -0.39 is 11.7 Å². The van der Waals surface area contributed by atoms with Crippen LogP contribution in [0.25, 0.3) is 22.3 Å². The average Bonchev–Trinajstić information content (AvgIpc) is 3.40. The number of aromatic amines is 1. The molecule has 0 aromatic carbocycles. The van der Waals surface area contributed by atoms with Crippen LogP contribution < -0.4 is 5.32 Å². The van der Waals surface area contributed by atoms with E-state index in [2.05, 4.69) is 30.2 Å². The van der Waals surface area contributed by atoms with Gasteiger partial charge in [0.15, 0.2) is 0 Å². The van der Waals surface area contributed by atoms with E-state index in [0.717, 1.165) is 12.1 Å². The molecule has 2 N–H and O–H groups in total. The molecule has 2 amide bonds. The second-order valence-electron chi connectivity index (χ2n) is 8.69. The minimum atomic E-state index is -0.607. The fourth-order valence-corrected chi connectivity index (χ4v) is 4.43. The summed E-state index contributed by atoms with van der Waals surface area (Å²) in [5, 5.41) is 3.73. The molecule has 0 aliphatic carbocycles. The Morgan fingerprint density at radius 2 is 1.76 bits per heavy atom. The number of piperazine rings is 1. The molecule has 0 saturated carbocycles. The first-order chi connectivity index (χ1) is 18.0. The van der Waals surface area contributed by atoms with Gasteiger partial charge in [-0.25, -0.2) is 9.97 Å². The number of rotatable bonds is 6. The largest absolute Gasteiger partial charge is 0.369 e. The summed E-state index contributed by atoms with van der Waals surface area (Å²) in [6, 6.07) is 5.17. The van der Waals surface area contributed by atoms with Crippen molar-refractivity contribution in [2.45, 2.75) is 13.8 Å². The molecule has 11 heteroatoms. The molecular weight excluding hydrogens is 472 g/mol. The zero-order chi connectivity index (χ0) is 25.9. The fourth-order valence-electron chi connectivity index (χ4n) is 4.43. The van der Waals surface area contributed by atoms with E-state index in [1.165, 1.54) is 4.90 Å². The molecule has 0 atom stereocenters. The third-order valence-corrected chi connectivity index (χ3v) is 6.33. The normalized spacial score (nSPS) is 13.6. The van der Waals surface area contributed by atoms with Crippen LogP contribution in [0.15, 0.2) is 49.2 Å². The first-order valence-corrected chi connectivity index (χ1v) is 12.0. The van der Waals surface area contributed by atoms with Crippen molar-refractivity contribution in [1.82, 2.24) is 34.7 Å². The third-order valence-electron chi connectivity index (χ3n) is 6.33. The zero-order valence-corrected chi connectivity index (χ0v) is 20.6. The van der Waals surface area contributed by atoms with Gasteiger partial charge < -0.3 is 20.1 Å². The van der Waals surface area contributed by atoms with Crippen molar-refractivity contribution < 1.29 is 14.4 Å². The smallest absolute Gasteiger partial charge is 0.295 e. The highest BCUT2D eigenvalue weighted by molar-refractivity contribution is 6.45. The molecule has 0 unspecified atom stereocenters. The van der Waals surface area contributed by atoms with Gasteiger partial charge in [0.2, 0.25) is 0 Å². The van der Waals surface area contributed by atoms with Gasteiger partial charge >= 0.3 is 0 Å². The summed E-state index contributed by atoms with van der Waals surface area (Å²) in [7, 11) is 0. The van der Waals surface area contributed by atoms with Crippen LogP contribution in [0.1, 0.15) is 33.3 Å². The number of Topliss-reactive ketones (excluding diaryl/α,β-unsaturated/α-hetero) is 1. The van der Waals surface area contributed by atoms with Crippen molar-refractivity contribution in [2.75, 3.05) is 38.0 Å². The molecule has 0 bridgehead atoms. The molecule has 1 fully saturated rings. The van der Waals surface area contributed by atoms with Gasteiger partial charge in [0.1, 0.15) is 22.9 Å². The monoisotopic (exact) mass is 498 g/mol. The predicted octanol–water partition coefficient (Wildman–Crippen LogP) is 2.32. The number of fused-ring (bicyclic) bond motifs is 1. The van der Waals surface area contributed by atoms with Gasteiger partial charge in [-0.1, -0.05) is 6.07 Å². The fraction of sp³-hybridized carbons (Fsp3) is 0.269. The van der Waals surface area contributed by atoms with Crippen molar-refractivity contribution >= 4 is 34.3 Å². The summed E-state index contributed by atoms with van der Waals surface area (Å²) in [6.07, 6.45) is 8.03. The van der Waals surface area contributed by atoms with Crippen molar-refractivity contribution in [3.63, 3.8) is 0 Å². The molecule has 4 aromatic heterocycles. The molecular formula is C26H26N8O3. The van der Waals surface area contributed by atoms with Gasteiger partial charge in [0, 0.05) is 56.7 Å². The number of anilines is 1. The quantitative estimate of drug-likeness (QED) is 0.305. The Balaban J connectivity index is 1.34. The van der Waals surface area contributed by atoms with Crippen LogP contribution in [0.2, 0.25) is 0 Å². The molecule has 5 heterocycles. The first kappa shape index (κ1) is 24.0. The van der Waals surface area contributed by atoms with Gasteiger partial charge in [-0.05, 0) is 31.5 Å². The van der Waals surface area contributed by atoms with Crippen LogP contribution in [0.5, 0.6) is 0 Å².